The summed E-state index contributed by atoms with van der Waals surface area (Å²) in [7, 11) is 0.242. The molecule has 0 amide bonds. The lowest BCUT2D eigenvalue weighted by molar-refractivity contribution is -0.888. The van der Waals surface area contributed by atoms with Crippen LogP contribution in [-0.2, 0) is 10.1 Å². The largest absolute Gasteiger partial charge is 0.328 e. The van der Waals surface area contributed by atoms with E-state index in [1.165, 1.54) is 96.3 Å². The van der Waals surface area contributed by atoms with E-state index in [0.29, 0.717) is 11.0 Å². The third-order valence-corrected chi connectivity index (χ3v) is 6.27. The molecule has 0 bridgehead atoms. The minimum Gasteiger partial charge on any atom is -0.328 e. The highest BCUT2D eigenvalue weighted by Crippen LogP contribution is 2.14. The van der Waals surface area contributed by atoms with E-state index >= 15 is 0 Å². The quantitative estimate of drug-likeness (QED) is 0.148. The van der Waals surface area contributed by atoms with Crippen LogP contribution in [0.1, 0.15) is 110 Å². The van der Waals surface area contributed by atoms with E-state index < -0.39 is 10.1 Å². The minimum absolute atomic E-state index is 0.140. The molecule has 0 aromatic carbocycles. The zero-order valence-corrected chi connectivity index (χ0v) is 19.4. The van der Waals surface area contributed by atoms with Gasteiger partial charge in [0.25, 0.3) is 10.1 Å². The number of nitrogens with zero attached hydrogens (tertiary/aromatic N) is 1. The van der Waals surface area contributed by atoms with E-state index in [1.807, 2.05) is 14.1 Å². The van der Waals surface area contributed by atoms with Gasteiger partial charge in [0.05, 0.1) is 27.2 Å². The minimum atomic E-state index is -3.83. The summed E-state index contributed by atoms with van der Waals surface area (Å²) < 4.78 is 31.2. The van der Waals surface area contributed by atoms with Gasteiger partial charge < -0.3 is 4.48 Å². The van der Waals surface area contributed by atoms with Crippen molar-refractivity contribution in [1.82, 2.24) is 0 Å². The molecule has 1 N–H and O–H groups in total. The molecule has 0 rings (SSSR count). The van der Waals surface area contributed by atoms with Crippen LogP contribution in [-0.4, -0.2) is 50.4 Å². The molecule has 0 fully saturated rings. The standard InChI is InChI=1S/C22H47NO3S/c1-4-5-6-7-8-9-10-11-12-13-14-15-16-17-18-19-20-23(2,3)21-22-27(24,25)26/h4-22H2,1-3H3/p+1. The van der Waals surface area contributed by atoms with Crippen LogP contribution < -0.4 is 0 Å². The number of rotatable bonds is 20. The highest BCUT2D eigenvalue weighted by atomic mass is 32.2. The second-order valence-electron chi connectivity index (χ2n) is 8.97. The van der Waals surface area contributed by atoms with Gasteiger partial charge in [0.1, 0.15) is 5.75 Å². The predicted octanol–water partition coefficient (Wildman–Crippen LogP) is 6.21. The van der Waals surface area contributed by atoms with E-state index in [4.69, 9.17) is 4.55 Å². The van der Waals surface area contributed by atoms with Crippen molar-refractivity contribution >= 4 is 10.1 Å². The van der Waals surface area contributed by atoms with Crippen molar-refractivity contribution in [2.45, 2.75) is 110 Å². The van der Waals surface area contributed by atoms with Crippen molar-refractivity contribution in [2.75, 3.05) is 32.9 Å². The first-order valence-corrected chi connectivity index (χ1v) is 13.1. The van der Waals surface area contributed by atoms with E-state index in [2.05, 4.69) is 6.92 Å². The highest BCUT2D eigenvalue weighted by Gasteiger charge is 2.18. The van der Waals surface area contributed by atoms with Crippen molar-refractivity contribution < 1.29 is 17.5 Å². The fraction of sp³-hybridized carbons (Fsp3) is 1.00. The Labute approximate surface area is 170 Å². The Bertz CT molecular complexity index is 421. The average Bonchev–Trinajstić information content (AvgIpc) is 2.59. The Morgan fingerprint density at radius 3 is 1.26 bits per heavy atom. The number of unbranched alkanes of at least 4 members (excludes halogenated alkanes) is 15. The molecule has 0 atom stereocenters. The molecule has 0 aromatic rings. The van der Waals surface area contributed by atoms with Gasteiger partial charge in [-0.1, -0.05) is 96.8 Å². The molecule has 0 aliphatic heterocycles. The molecule has 0 aliphatic carbocycles. The maximum Gasteiger partial charge on any atom is 0.270 e. The van der Waals surface area contributed by atoms with Crippen LogP contribution in [0, 0.1) is 0 Å². The van der Waals surface area contributed by atoms with Gasteiger partial charge in [0.2, 0.25) is 0 Å². The van der Waals surface area contributed by atoms with Crippen LogP contribution in [0.2, 0.25) is 0 Å². The second-order valence-corrected chi connectivity index (χ2v) is 10.5. The summed E-state index contributed by atoms with van der Waals surface area (Å²) in [5, 5.41) is 0. The maximum atomic E-state index is 10.8. The lowest BCUT2D eigenvalue weighted by Crippen LogP contribution is -2.43. The molecule has 5 heteroatoms. The van der Waals surface area contributed by atoms with Crippen molar-refractivity contribution in [3.05, 3.63) is 0 Å². The van der Waals surface area contributed by atoms with Crippen molar-refractivity contribution in [3.8, 4) is 0 Å². The number of hydrogen-bond acceptors (Lipinski definition) is 2. The molecule has 0 heterocycles. The van der Waals surface area contributed by atoms with Gasteiger partial charge in [-0.25, -0.2) is 0 Å². The summed E-state index contributed by atoms with van der Waals surface area (Å²) in [4.78, 5) is 0. The van der Waals surface area contributed by atoms with Crippen LogP contribution in [0.4, 0.5) is 0 Å². The van der Waals surface area contributed by atoms with Gasteiger partial charge in [0.15, 0.2) is 0 Å². The van der Waals surface area contributed by atoms with Crippen LogP contribution in [0.25, 0.3) is 0 Å². The molecule has 0 saturated heterocycles. The van der Waals surface area contributed by atoms with Gasteiger partial charge >= 0.3 is 0 Å². The molecule has 0 aromatic heterocycles. The first kappa shape index (κ1) is 26.9. The van der Waals surface area contributed by atoms with Crippen molar-refractivity contribution in [1.29, 1.82) is 0 Å². The molecule has 0 unspecified atom stereocenters. The Morgan fingerprint density at radius 1 is 0.593 bits per heavy atom. The van der Waals surface area contributed by atoms with Crippen LogP contribution in [0.15, 0.2) is 0 Å². The lowest BCUT2D eigenvalue weighted by atomic mass is 10.0. The second kappa shape index (κ2) is 16.8. The van der Waals surface area contributed by atoms with Gasteiger partial charge in [0, 0.05) is 0 Å². The topological polar surface area (TPSA) is 54.4 Å². The van der Waals surface area contributed by atoms with Crippen molar-refractivity contribution in [3.63, 3.8) is 0 Å². The SMILES string of the molecule is CCCCCCCCCCCCCCCCCC[N+](C)(C)CCS(=O)(=O)O. The summed E-state index contributed by atoms with van der Waals surface area (Å²) in [6.45, 7) is 3.74. The zero-order valence-electron chi connectivity index (χ0n) is 18.6. The van der Waals surface area contributed by atoms with Crippen molar-refractivity contribution in [2.24, 2.45) is 0 Å². The molecule has 0 saturated carbocycles. The van der Waals surface area contributed by atoms with Crippen LogP contribution in [0.5, 0.6) is 0 Å². The maximum absolute atomic E-state index is 10.8. The fourth-order valence-corrected chi connectivity index (χ4v) is 4.29. The summed E-state index contributed by atoms with van der Waals surface area (Å²) in [6, 6.07) is 0. The zero-order chi connectivity index (χ0) is 20.4. The Kier molecular flexibility index (Phi) is 16.7. The lowest BCUT2D eigenvalue weighted by Gasteiger charge is -2.29. The Hall–Kier alpha value is -0.130. The molecule has 0 aliphatic rings. The molecular weight excluding hydrogens is 358 g/mol. The monoisotopic (exact) mass is 406 g/mol. The van der Waals surface area contributed by atoms with E-state index in [1.54, 1.807) is 0 Å². The van der Waals surface area contributed by atoms with Gasteiger partial charge in [-0.2, -0.15) is 8.42 Å². The fourth-order valence-electron chi connectivity index (χ4n) is 3.56. The molecule has 27 heavy (non-hydrogen) atoms. The van der Waals surface area contributed by atoms with E-state index in [9.17, 15) is 8.42 Å². The third-order valence-electron chi connectivity index (χ3n) is 5.57. The van der Waals surface area contributed by atoms with E-state index in [0.717, 1.165) is 13.0 Å². The molecule has 0 spiro atoms. The predicted molar refractivity (Wildman–Crippen MR) is 118 cm³/mol. The number of quaternary nitrogens is 1. The number of hydrogen-bond donors (Lipinski definition) is 1. The van der Waals surface area contributed by atoms with E-state index in [-0.39, 0.29) is 5.75 Å². The molecule has 0 radical (unpaired) electrons. The summed E-state index contributed by atoms with van der Waals surface area (Å²) in [6.07, 6.45) is 21.9. The summed E-state index contributed by atoms with van der Waals surface area (Å²) in [5.74, 6) is -0.140. The molecular formula is C22H48NO3S+. The molecule has 164 valence electrons. The van der Waals surface area contributed by atoms with Gasteiger partial charge in [-0.3, -0.25) is 4.55 Å². The Balaban J connectivity index is 3.29. The summed E-state index contributed by atoms with van der Waals surface area (Å²) >= 11 is 0. The van der Waals surface area contributed by atoms with Crippen LogP contribution in [0.3, 0.4) is 0 Å². The average molecular weight is 407 g/mol. The third kappa shape index (κ3) is 22.0. The normalized spacial score (nSPS) is 12.6. The first-order chi connectivity index (χ1) is 12.8. The van der Waals surface area contributed by atoms with Gasteiger partial charge in [-0.15, -0.1) is 0 Å². The smallest absolute Gasteiger partial charge is 0.270 e. The van der Waals surface area contributed by atoms with Gasteiger partial charge in [-0.05, 0) is 12.8 Å². The highest BCUT2D eigenvalue weighted by molar-refractivity contribution is 7.85. The molecule has 4 nitrogen and oxygen atoms in total. The first-order valence-electron chi connectivity index (χ1n) is 11.5. The Morgan fingerprint density at radius 2 is 0.926 bits per heavy atom. The summed E-state index contributed by atoms with van der Waals surface area (Å²) in [5.41, 5.74) is 0. The van der Waals surface area contributed by atoms with Crippen LogP contribution >= 0.6 is 0 Å².